The molecule has 2 aliphatic rings. The third-order valence-corrected chi connectivity index (χ3v) is 8.07. The zero-order valence-corrected chi connectivity index (χ0v) is 33.2. The standard InChI is InChI=1S/C34H44N6O19/c1-15(41)50-13-25-27(52-17(3)43)29(54-19(5)45)31(56-21(7)47)33(58-25)39-9-23(35-37-39)11-49-12-24-10-40(38-36-24)34-32(57-22(8)48)30(55-20(6)46)28(53-18(4)44)26(59-34)14-51-16(2)42/h9-10,25-34H,11-14H2,1-8H3/t25-,26-,27+,28+,29+,30+,31-,32-,33-,34-/m1/s1. The van der Waals surface area contributed by atoms with Crippen LogP contribution in [0.25, 0.3) is 0 Å². The molecule has 10 atom stereocenters. The normalized spacial score (nSPS) is 26.4. The number of hydrogen-bond donors (Lipinski definition) is 0. The Kier molecular flexibility index (Phi) is 15.9. The van der Waals surface area contributed by atoms with E-state index in [4.69, 9.17) is 52.1 Å². The molecule has 0 aliphatic carbocycles. The highest BCUT2D eigenvalue weighted by Gasteiger charge is 2.54. The summed E-state index contributed by atoms with van der Waals surface area (Å²) in [4.78, 5) is 96.2. The molecule has 0 saturated carbocycles. The SMILES string of the molecule is CC(=O)OC[C@H]1O[C@@H](n2cc(COCc3cn([C@@H]4O[C@H](COC(C)=O)[C@H](OC(C)=O)[C@H](OC(C)=O)[C@H]4OC(C)=O)nn3)nn2)[C@H](OC(C)=O)[C@@H](OC(C)=O)[C@H]1OC(C)=O. The average Bonchev–Trinajstić information content (AvgIpc) is 3.79. The highest BCUT2D eigenvalue weighted by Crippen LogP contribution is 2.36. The van der Waals surface area contributed by atoms with Gasteiger partial charge in [0, 0.05) is 55.4 Å². The second-order valence-electron chi connectivity index (χ2n) is 13.1. The average molecular weight is 841 g/mol. The van der Waals surface area contributed by atoms with E-state index in [2.05, 4.69) is 20.6 Å². The first-order valence-corrected chi connectivity index (χ1v) is 17.8. The van der Waals surface area contributed by atoms with Crippen molar-refractivity contribution >= 4 is 47.8 Å². The molecule has 25 nitrogen and oxygen atoms in total. The van der Waals surface area contributed by atoms with Crippen LogP contribution in [0.4, 0.5) is 0 Å². The van der Waals surface area contributed by atoms with Crippen molar-refractivity contribution in [3.05, 3.63) is 23.8 Å². The van der Waals surface area contributed by atoms with Crippen LogP contribution in [0, 0.1) is 0 Å². The highest BCUT2D eigenvalue weighted by atomic mass is 16.7. The van der Waals surface area contributed by atoms with Crippen molar-refractivity contribution in [1.82, 2.24) is 30.0 Å². The summed E-state index contributed by atoms with van der Waals surface area (Å²) in [6, 6.07) is 0. The molecule has 2 aliphatic heterocycles. The van der Waals surface area contributed by atoms with Crippen LogP contribution >= 0.6 is 0 Å². The molecule has 0 unspecified atom stereocenters. The Labute approximate surface area is 335 Å². The second-order valence-corrected chi connectivity index (χ2v) is 13.1. The van der Waals surface area contributed by atoms with Gasteiger partial charge in [-0.15, -0.1) is 10.2 Å². The first kappa shape index (κ1) is 45.6. The van der Waals surface area contributed by atoms with Crippen molar-refractivity contribution in [2.75, 3.05) is 13.2 Å². The monoisotopic (exact) mass is 840 g/mol. The van der Waals surface area contributed by atoms with Crippen LogP contribution in [0.5, 0.6) is 0 Å². The third kappa shape index (κ3) is 13.0. The Balaban J connectivity index is 1.55. The van der Waals surface area contributed by atoms with Gasteiger partial charge in [-0.3, -0.25) is 38.4 Å². The van der Waals surface area contributed by atoms with E-state index in [1.54, 1.807) is 0 Å². The van der Waals surface area contributed by atoms with Gasteiger partial charge < -0.3 is 52.1 Å². The van der Waals surface area contributed by atoms with Crippen molar-refractivity contribution < 1.29 is 90.5 Å². The molecule has 4 heterocycles. The van der Waals surface area contributed by atoms with Gasteiger partial charge in [-0.2, -0.15) is 0 Å². The minimum absolute atomic E-state index is 0.197. The summed E-state index contributed by atoms with van der Waals surface area (Å²) in [7, 11) is 0. The number of aromatic nitrogens is 6. The van der Waals surface area contributed by atoms with Gasteiger partial charge >= 0.3 is 47.8 Å². The van der Waals surface area contributed by atoms with Crippen molar-refractivity contribution in [1.29, 1.82) is 0 Å². The van der Waals surface area contributed by atoms with Crippen LogP contribution in [0.2, 0.25) is 0 Å². The van der Waals surface area contributed by atoms with Gasteiger partial charge in [0.1, 0.15) is 36.8 Å². The predicted molar refractivity (Wildman–Crippen MR) is 183 cm³/mol. The van der Waals surface area contributed by atoms with Gasteiger partial charge in [0.05, 0.1) is 25.6 Å². The van der Waals surface area contributed by atoms with E-state index in [1.807, 2.05) is 0 Å². The van der Waals surface area contributed by atoms with Gasteiger partial charge in [0.2, 0.25) is 0 Å². The topological polar surface area (TPSA) is 300 Å². The summed E-state index contributed by atoms with van der Waals surface area (Å²) in [6.45, 7) is 7.58. The van der Waals surface area contributed by atoms with Crippen LogP contribution in [-0.4, -0.2) is 140 Å². The molecule has 2 fully saturated rings. The van der Waals surface area contributed by atoms with E-state index < -0.39 is 122 Å². The fourth-order valence-electron chi connectivity index (χ4n) is 6.10. The largest absolute Gasteiger partial charge is 0.463 e. The molecule has 4 rings (SSSR count). The minimum atomic E-state index is -1.44. The van der Waals surface area contributed by atoms with Crippen LogP contribution in [0.1, 0.15) is 79.2 Å². The number of hydrogen-bond acceptors (Lipinski definition) is 23. The Morgan fingerprint density at radius 1 is 0.475 bits per heavy atom. The molecule has 25 heteroatoms. The first-order valence-electron chi connectivity index (χ1n) is 17.8. The molecule has 0 radical (unpaired) electrons. The van der Waals surface area contributed by atoms with Gasteiger partial charge in [0.15, 0.2) is 49.1 Å². The molecule has 0 amide bonds. The van der Waals surface area contributed by atoms with Crippen LogP contribution in [-0.2, 0) is 104 Å². The van der Waals surface area contributed by atoms with Gasteiger partial charge in [-0.1, -0.05) is 10.4 Å². The Morgan fingerprint density at radius 2 is 0.780 bits per heavy atom. The van der Waals surface area contributed by atoms with Gasteiger partial charge in [0.25, 0.3) is 0 Å². The molecule has 2 aromatic rings. The van der Waals surface area contributed by atoms with E-state index >= 15 is 0 Å². The Morgan fingerprint density at radius 3 is 1.08 bits per heavy atom. The summed E-state index contributed by atoms with van der Waals surface area (Å²) in [6.07, 6.45) is -10.9. The van der Waals surface area contributed by atoms with Crippen LogP contribution in [0.15, 0.2) is 12.4 Å². The van der Waals surface area contributed by atoms with Crippen molar-refractivity contribution in [3.63, 3.8) is 0 Å². The number of esters is 8. The van der Waals surface area contributed by atoms with E-state index in [0.717, 1.165) is 64.8 Å². The lowest BCUT2D eigenvalue weighted by Crippen LogP contribution is -2.60. The highest BCUT2D eigenvalue weighted by molar-refractivity contribution is 5.70. The van der Waals surface area contributed by atoms with Gasteiger partial charge in [-0.05, 0) is 0 Å². The number of nitrogens with zero attached hydrogens (tertiary/aromatic N) is 6. The number of carbonyl (C=O) groups excluding carboxylic acids is 8. The first-order chi connectivity index (χ1) is 27.8. The summed E-state index contributed by atoms with van der Waals surface area (Å²) in [5.74, 6) is -6.18. The molecule has 0 aromatic carbocycles. The Bertz CT molecular complexity index is 1730. The second kappa shape index (κ2) is 20.6. The molecule has 59 heavy (non-hydrogen) atoms. The lowest BCUT2D eigenvalue weighted by Gasteiger charge is -2.44. The lowest BCUT2D eigenvalue weighted by atomic mass is 9.97. The maximum atomic E-state index is 12.2. The summed E-state index contributed by atoms with van der Waals surface area (Å²) in [5.41, 5.74) is 0.426. The molecule has 2 saturated heterocycles. The van der Waals surface area contributed by atoms with Crippen molar-refractivity contribution in [3.8, 4) is 0 Å². The number of rotatable bonds is 16. The van der Waals surface area contributed by atoms with Crippen LogP contribution in [0.3, 0.4) is 0 Å². The third-order valence-electron chi connectivity index (χ3n) is 8.07. The summed E-state index contributed by atoms with van der Waals surface area (Å²) < 4.78 is 63.1. The zero-order valence-electron chi connectivity index (χ0n) is 33.2. The fraction of sp³-hybridized carbons (Fsp3) is 0.647. The molecule has 0 spiro atoms. The minimum Gasteiger partial charge on any atom is -0.463 e. The molecule has 2 aromatic heterocycles. The van der Waals surface area contributed by atoms with E-state index in [0.29, 0.717) is 0 Å². The van der Waals surface area contributed by atoms with E-state index in [1.165, 1.54) is 12.4 Å². The molecule has 324 valence electrons. The quantitative estimate of drug-likeness (QED) is 0.146. The molecule has 0 bridgehead atoms. The summed E-state index contributed by atoms with van der Waals surface area (Å²) in [5, 5.41) is 16.3. The van der Waals surface area contributed by atoms with E-state index in [9.17, 15) is 38.4 Å². The predicted octanol–water partition coefficient (Wildman–Crippen LogP) is -0.902. The lowest BCUT2D eigenvalue weighted by molar-refractivity contribution is -0.270. The van der Waals surface area contributed by atoms with Crippen molar-refractivity contribution in [2.45, 2.75) is 130 Å². The van der Waals surface area contributed by atoms with Crippen LogP contribution < -0.4 is 0 Å². The number of ether oxygens (including phenoxy) is 11. The maximum Gasteiger partial charge on any atom is 0.303 e. The Hall–Kier alpha value is -6.08. The molecular weight excluding hydrogens is 796 g/mol. The van der Waals surface area contributed by atoms with E-state index in [-0.39, 0.29) is 24.6 Å². The van der Waals surface area contributed by atoms with Crippen molar-refractivity contribution in [2.24, 2.45) is 0 Å². The smallest absolute Gasteiger partial charge is 0.303 e. The maximum absolute atomic E-state index is 12.2. The number of carbonyl (C=O) groups is 8. The van der Waals surface area contributed by atoms with Gasteiger partial charge in [-0.25, -0.2) is 9.36 Å². The zero-order chi connectivity index (χ0) is 43.6. The summed E-state index contributed by atoms with van der Waals surface area (Å²) >= 11 is 0. The molecule has 0 N–H and O–H groups in total. The fourth-order valence-corrected chi connectivity index (χ4v) is 6.10. The molecular formula is C34H44N6O19.